The fourth-order valence-electron chi connectivity index (χ4n) is 6.38. The summed E-state index contributed by atoms with van der Waals surface area (Å²) in [4.78, 5) is 39.8. The molecular weight excluding hydrogens is 813 g/mol. The molecule has 0 atom stereocenters. The Balaban J connectivity index is 0.000000196. The van der Waals surface area contributed by atoms with Crippen LogP contribution in [0, 0.1) is 13.8 Å². The molecule has 7 N–H and O–H groups in total. The van der Waals surface area contributed by atoms with Crippen LogP contribution in [0.25, 0.3) is 22.1 Å². The maximum Gasteiger partial charge on any atom is 0.267 e. The van der Waals surface area contributed by atoms with Crippen LogP contribution in [-0.4, -0.2) is 58.8 Å². The lowest BCUT2D eigenvalue weighted by Crippen LogP contribution is -2.13. The van der Waals surface area contributed by atoms with E-state index in [-0.39, 0.29) is 18.8 Å². The summed E-state index contributed by atoms with van der Waals surface area (Å²) in [5, 5.41) is 19.8. The highest BCUT2D eigenvalue weighted by Crippen LogP contribution is 2.37. The molecule has 0 aliphatic heterocycles. The van der Waals surface area contributed by atoms with Gasteiger partial charge in [0.15, 0.2) is 17.1 Å². The Morgan fingerprint density at radius 3 is 1.72 bits per heavy atom. The van der Waals surface area contributed by atoms with E-state index in [9.17, 15) is 9.59 Å². The van der Waals surface area contributed by atoms with Crippen molar-refractivity contribution < 1.29 is 23.8 Å². The Kier molecular flexibility index (Phi) is 13.0. The predicted octanol–water partition coefficient (Wildman–Crippen LogP) is 8.76. The zero-order valence-electron chi connectivity index (χ0n) is 34.2. The van der Waals surface area contributed by atoms with Gasteiger partial charge in [0.1, 0.15) is 56.7 Å². The number of methoxy groups -OCH3 is 1. The van der Waals surface area contributed by atoms with Crippen LogP contribution in [0.5, 0.6) is 28.7 Å². The summed E-state index contributed by atoms with van der Waals surface area (Å²) in [5.74, 6) is 3.28. The van der Waals surface area contributed by atoms with Gasteiger partial charge in [-0.25, -0.2) is 14.6 Å². The smallest absolute Gasteiger partial charge is 0.267 e. The van der Waals surface area contributed by atoms with Crippen LogP contribution in [0.2, 0.25) is 0 Å². The van der Waals surface area contributed by atoms with Gasteiger partial charge >= 0.3 is 0 Å². The molecule has 6 heterocycles. The highest BCUT2D eigenvalue weighted by atomic mass is 16.5. The van der Waals surface area contributed by atoms with E-state index in [0.29, 0.717) is 74.6 Å². The summed E-state index contributed by atoms with van der Waals surface area (Å²) in [6.07, 6.45) is 6.34. The van der Waals surface area contributed by atoms with Gasteiger partial charge in [0.05, 0.1) is 13.7 Å². The molecule has 17 heteroatoms. The van der Waals surface area contributed by atoms with Crippen LogP contribution < -0.4 is 36.3 Å². The van der Waals surface area contributed by atoms with E-state index in [4.69, 9.17) is 30.8 Å². The number of nitrogens with zero attached hydrogens (tertiary/aromatic N) is 7. The lowest BCUT2D eigenvalue weighted by atomic mass is 10.2. The Hall–Kier alpha value is -8.86. The number of nitrogens with two attached hydrogens (primary N) is 2. The molecule has 0 fully saturated rings. The highest BCUT2D eigenvalue weighted by Gasteiger charge is 2.19. The number of fused-ring (bicyclic) bond motifs is 2. The number of nitrogens with one attached hydrogen (secondary N) is 3. The van der Waals surface area contributed by atoms with Gasteiger partial charge in [0.25, 0.3) is 11.8 Å². The number of ether oxygens (including phenoxy) is 3. The molecule has 6 aromatic heterocycles. The van der Waals surface area contributed by atoms with Crippen molar-refractivity contribution in [2.45, 2.75) is 27.8 Å². The van der Waals surface area contributed by atoms with E-state index in [1.807, 2.05) is 86.6 Å². The Bertz CT molecular complexity index is 3060. The van der Waals surface area contributed by atoms with Crippen LogP contribution in [0.4, 0.5) is 23.0 Å². The molecule has 9 aromatic rings. The van der Waals surface area contributed by atoms with E-state index >= 15 is 0 Å². The van der Waals surface area contributed by atoms with Gasteiger partial charge in [-0.1, -0.05) is 55.0 Å². The molecule has 0 saturated carbocycles. The third-order valence-electron chi connectivity index (χ3n) is 9.56. The summed E-state index contributed by atoms with van der Waals surface area (Å²) in [5.41, 5.74) is 16.7. The zero-order chi connectivity index (χ0) is 43.9. The first-order valence-electron chi connectivity index (χ1n) is 19.5. The fraction of sp³-hybridized carbons (Fsp3) is 0.106. The molecule has 0 bridgehead atoms. The molecule has 9 rings (SSSR count). The normalized spacial score (nSPS) is 10.6. The highest BCUT2D eigenvalue weighted by molar-refractivity contribution is 5.97. The first kappa shape index (κ1) is 43.2. The van der Waals surface area contributed by atoms with Crippen molar-refractivity contribution in [1.82, 2.24) is 39.9 Å². The first-order valence-corrected chi connectivity index (χ1v) is 19.5. The number of hydrogen-bond acceptors (Lipinski definition) is 13. The Morgan fingerprint density at radius 1 is 0.641 bits per heavy atom. The molecule has 0 aliphatic rings. The number of aryl methyl sites for hydroxylation is 2. The van der Waals surface area contributed by atoms with Crippen molar-refractivity contribution in [1.29, 1.82) is 0 Å². The van der Waals surface area contributed by atoms with Crippen molar-refractivity contribution in [3.05, 3.63) is 162 Å². The molecule has 0 unspecified atom stereocenters. The summed E-state index contributed by atoms with van der Waals surface area (Å²) in [6.45, 7) is 4.52. The van der Waals surface area contributed by atoms with E-state index in [1.165, 1.54) is 12.4 Å². The van der Waals surface area contributed by atoms with Crippen LogP contribution in [0.1, 0.15) is 45.1 Å². The number of rotatable bonds is 13. The van der Waals surface area contributed by atoms with Crippen LogP contribution in [0.15, 0.2) is 134 Å². The van der Waals surface area contributed by atoms with Crippen molar-refractivity contribution in [2.24, 2.45) is 11.5 Å². The minimum Gasteiger partial charge on any atom is -0.497 e. The second-order valence-corrected chi connectivity index (χ2v) is 14.1. The summed E-state index contributed by atoms with van der Waals surface area (Å²) in [6, 6.07) is 33.5. The number of amides is 2. The number of carbonyl (C=O) groups is 2. The number of H-pyrrole nitrogens is 1. The molecule has 3 aromatic carbocycles. The summed E-state index contributed by atoms with van der Waals surface area (Å²) < 4.78 is 19.3. The Labute approximate surface area is 367 Å². The van der Waals surface area contributed by atoms with Gasteiger partial charge in [-0.05, 0) is 80.1 Å². The summed E-state index contributed by atoms with van der Waals surface area (Å²) in [7, 11) is 1.64. The zero-order valence-corrected chi connectivity index (χ0v) is 34.2. The van der Waals surface area contributed by atoms with Crippen LogP contribution in [0.3, 0.4) is 0 Å². The topological polar surface area (TPSA) is 236 Å². The number of benzene rings is 3. The summed E-state index contributed by atoms with van der Waals surface area (Å²) >= 11 is 0. The number of hydrogen-bond donors (Lipinski definition) is 5. The SMILES string of the molecule is C.COc1ccc(Cn2nc(Nc3ccnc(C(N)=O)c3)c3c(Oc4ccc(C)cc4)ccnc32)cc1.Cc1ccc(Oc2ccnc3n[nH]c(Nc4ccnc(C(N)=O)c4)c23)cc1. The van der Waals surface area contributed by atoms with Gasteiger partial charge in [0, 0.05) is 48.3 Å². The van der Waals surface area contributed by atoms with Gasteiger partial charge in [-0.2, -0.15) is 10.2 Å². The number of primary amides is 2. The molecule has 0 aliphatic carbocycles. The molecule has 2 amide bonds. The van der Waals surface area contributed by atoms with E-state index in [0.717, 1.165) is 22.4 Å². The van der Waals surface area contributed by atoms with E-state index in [2.05, 4.69) is 40.8 Å². The third-order valence-corrected chi connectivity index (χ3v) is 9.56. The van der Waals surface area contributed by atoms with Gasteiger partial charge in [-0.15, -0.1) is 0 Å². The molecule has 17 nitrogen and oxygen atoms in total. The number of pyridine rings is 4. The second-order valence-electron chi connectivity index (χ2n) is 14.1. The van der Waals surface area contributed by atoms with Gasteiger partial charge in [-0.3, -0.25) is 24.7 Å². The lowest BCUT2D eigenvalue weighted by Gasteiger charge is -2.09. The fourth-order valence-corrected chi connectivity index (χ4v) is 6.38. The average Bonchev–Trinajstić information content (AvgIpc) is 3.87. The van der Waals surface area contributed by atoms with E-state index < -0.39 is 11.8 Å². The monoisotopic (exact) mass is 856 g/mol. The number of aromatic amines is 1. The Morgan fingerprint density at radius 2 is 1.16 bits per heavy atom. The minimum atomic E-state index is -0.612. The molecule has 64 heavy (non-hydrogen) atoms. The van der Waals surface area contributed by atoms with Crippen LogP contribution >= 0.6 is 0 Å². The molecule has 0 spiro atoms. The van der Waals surface area contributed by atoms with E-state index in [1.54, 1.807) is 60.6 Å². The van der Waals surface area contributed by atoms with Gasteiger partial charge < -0.3 is 36.3 Å². The molecule has 0 radical (unpaired) electrons. The standard InChI is InChI=1S/C27H24N6O3.C19H16N6O2.CH4/c1-17-3-7-21(8-4-17)36-23-12-14-30-27-24(23)26(31-19-11-13-29-22(15-19)25(28)34)32-33(27)16-18-5-9-20(35-2)10-6-18;1-11-2-4-13(5-3-11)27-15-7-9-22-18-16(15)19(25-24-18)23-12-6-8-21-14(10-12)17(20)26;/h3-15H,16H2,1-2H3,(H2,28,34)(H,29,31,32);2-10H,1H3,(H2,20,26)(H2,21,22,23,24,25);1H4. The number of carbonyl (C=O) groups excluding carboxylic acids is 2. The molecule has 0 saturated heterocycles. The average molecular weight is 857 g/mol. The molecule has 322 valence electrons. The number of anilines is 4. The van der Waals surface area contributed by atoms with Crippen LogP contribution in [-0.2, 0) is 6.54 Å². The van der Waals surface area contributed by atoms with Crippen molar-refractivity contribution >= 4 is 56.9 Å². The van der Waals surface area contributed by atoms with Crippen molar-refractivity contribution in [3.8, 4) is 28.7 Å². The molecular formula is C47H44N12O5. The maximum atomic E-state index is 11.6. The third kappa shape index (κ3) is 10.0. The van der Waals surface area contributed by atoms with Crippen molar-refractivity contribution in [3.63, 3.8) is 0 Å². The van der Waals surface area contributed by atoms with Crippen molar-refractivity contribution in [2.75, 3.05) is 17.7 Å². The quantitative estimate of drug-likeness (QED) is 0.0730. The first-order chi connectivity index (χ1) is 30.6. The minimum absolute atomic E-state index is 0. The predicted molar refractivity (Wildman–Crippen MR) is 245 cm³/mol. The lowest BCUT2D eigenvalue weighted by molar-refractivity contribution is 0.0987. The largest absolute Gasteiger partial charge is 0.497 e. The number of aromatic nitrogens is 8. The maximum absolute atomic E-state index is 11.6. The van der Waals surface area contributed by atoms with Gasteiger partial charge in [0.2, 0.25) is 0 Å². The second kappa shape index (κ2) is 19.2.